The molecule has 0 aliphatic carbocycles. The fraction of sp³-hybridized carbons (Fsp3) is 0.250. The molecule has 0 radical (unpaired) electrons. The number of hydrogen-bond acceptors (Lipinski definition) is 2. The van der Waals surface area contributed by atoms with Gasteiger partial charge in [-0.3, -0.25) is 4.98 Å². The number of rotatable bonds is 1. The minimum Gasteiger partial charge on any atom is -0.368 e. The van der Waals surface area contributed by atoms with Crippen LogP contribution in [0, 0.1) is 6.92 Å². The minimum absolute atomic E-state index is 0.281. The van der Waals surface area contributed by atoms with Crippen molar-refractivity contribution in [2.45, 2.75) is 13.0 Å². The summed E-state index contributed by atoms with van der Waals surface area (Å²) >= 11 is 3.65. The predicted molar refractivity (Wildman–Crippen MR) is 62.9 cm³/mol. The number of epoxide rings is 1. The molecule has 1 aromatic heterocycles. The molecule has 1 atom stereocenters. The molecule has 2 heterocycles. The Morgan fingerprint density at radius 1 is 1.53 bits per heavy atom. The largest absolute Gasteiger partial charge is 0.368 e. The van der Waals surface area contributed by atoms with Crippen molar-refractivity contribution in [3.8, 4) is 0 Å². The molecule has 3 heteroatoms. The maximum atomic E-state index is 5.35. The van der Waals surface area contributed by atoms with E-state index in [1.165, 1.54) is 11.1 Å². The molecule has 15 heavy (non-hydrogen) atoms. The van der Waals surface area contributed by atoms with Gasteiger partial charge in [-0.15, -0.1) is 0 Å². The highest BCUT2D eigenvalue weighted by Crippen LogP contribution is 2.40. The number of aromatic nitrogens is 1. The molecule has 0 saturated carbocycles. The van der Waals surface area contributed by atoms with Crippen LogP contribution in [-0.2, 0) is 4.74 Å². The summed E-state index contributed by atoms with van der Waals surface area (Å²) in [6, 6.07) is 6.16. The van der Waals surface area contributed by atoms with Crippen molar-refractivity contribution in [3.63, 3.8) is 0 Å². The van der Waals surface area contributed by atoms with E-state index in [0.29, 0.717) is 0 Å². The van der Waals surface area contributed by atoms with Gasteiger partial charge in [0.1, 0.15) is 6.10 Å². The zero-order valence-electron chi connectivity index (χ0n) is 8.33. The number of ether oxygens (including phenoxy) is 1. The van der Waals surface area contributed by atoms with Gasteiger partial charge in [0.2, 0.25) is 0 Å². The molecule has 1 unspecified atom stereocenters. The van der Waals surface area contributed by atoms with Crippen LogP contribution in [0.3, 0.4) is 0 Å². The van der Waals surface area contributed by atoms with Crippen molar-refractivity contribution in [2.24, 2.45) is 0 Å². The third kappa shape index (κ3) is 1.46. The van der Waals surface area contributed by atoms with E-state index >= 15 is 0 Å². The van der Waals surface area contributed by atoms with Crippen LogP contribution in [0.2, 0.25) is 0 Å². The Bertz CT molecular complexity index is 534. The van der Waals surface area contributed by atoms with Gasteiger partial charge >= 0.3 is 0 Å². The fourth-order valence-electron chi connectivity index (χ4n) is 1.93. The first-order chi connectivity index (χ1) is 7.27. The minimum atomic E-state index is 0.281. The van der Waals surface area contributed by atoms with Crippen LogP contribution in [-0.4, -0.2) is 11.6 Å². The number of aryl methyl sites for hydroxylation is 1. The molecule has 2 aromatic rings. The molecule has 0 amide bonds. The lowest BCUT2D eigenvalue weighted by Crippen LogP contribution is -1.92. The summed E-state index contributed by atoms with van der Waals surface area (Å²) in [6.07, 6.45) is 2.10. The molecule has 76 valence electrons. The topological polar surface area (TPSA) is 25.4 Å². The Labute approximate surface area is 96.4 Å². The lowest BCUT2D eigenvalue weighted by molar-refractivity contribution is 0.414. The molecular weight excluding hydrogens is 254 g/mol. The van der Waals surface area contributed by atoms with E-state index in [-0.39, 0.29) is 6.10 Å². The maximum absolute atomic E-state index is 5.35. The van der Waals surface area contributed by atoms with Gasteiger partial charge in [-0.05, 0) is 40.5 Å². The van der Waals surface area contributed by atoms with Crippen LogP contribution in [0.1, 0.15) is 17.2 Å². The Morgan fingerprint density at radius 3 is 3.07 bits per heavy atom. The van der Waals surface area contributed by atoms with Crippen molar-refractivity contribution in [1.29, 1.82) is 0 Å². The number of pyridine rings is 1. The van der Waals surface area contributed by atoms with Crippen LogP contribution in [0.15, 0.2) is 28.9 Å². The van der Waals surface area contributed by atoms with Gasteiger partial charge in [-0.1, -0.05) is 6.07 Å². The van der Waals surface area contributed by atoms with Crippen molar-refractivity contribution in [1.82, 2.24) is 4.98 Å². The summed E-state index contributed by atoms with van der Waals surface area (Å²) < 4.78 is 6.49. The van der Waals surface area contributed by atoms with Crippen LogP contribution in [0.25, 0.3) is 10.9 Å². The molecule has 1 aliphatic rings. The molecule has 0 spiro atoms. The molecule has 0 bridgehead atoms. The van der Waals surface area contributed by atoms with Gasteiger partial charge in [0.25, 0.3) is 0 Å². The summed E-state index contributed by atoms with van der Waals surface area (Å²) in [5.41, 5.74) is 3.55. The SMILES string of the molecule is Cc1cc2ncccc2c(Br)c1C1CO1. The van der Waals surface area contributed by atoms with E-state index in [1.807, 2.05) is 12.3 Å². The molecule has 1 aliphatic heterocycles. The summed E-state index contributed by atoms with van der Waals surface area (Å²) in [5.74, 6) is 0. The Balaban J connectivity index is 2.36. The Kier molecular flexibility index (Phi) is 2.04. The van der Waals surface area contributed by atoms with Crippen molar-refractivity contribution in [2.75, 3.05) is 6.61 Å². The second kappa shape index (κ2) is 3.29. The molecule has 1 saturated heterocycles. The summed E-state index contributed by atoms with van der Waals surface area (Å²) in [7, 11) is 0. The summed E-state index contributed by atoms with van der Waals surface area (Å²) in [6.45, 7) is 2.95. The summed E-state index contributed by atoms with van der Waals surface area (Å²) in [4.78, 5) is 4.35. The number of fused-ring (bicyclic) bond motifs is 1. The molecular formula is C12H10BrNO. The highest BCUT2D eigenvalue weighted by atomic mass is 79.9. The third-order valence-corrected chi connectivity index (χ3v) is 3.60. The van der Waals surface area contributed by atoms with Crippen molar-refractivity contribution < 1.29 is 4.74 Å². The van der Waals surface area contributed by atoms with Gasteiger partial charge in [0, 0.05) is 21.6 Å². The lowest BCUT2D eigenvalue weighted by Gasteiger charge is -2.08. The van der Waals surface area contributed by atoms with Crippen LogP contribution in [0.4, 0.5) is 0 Å². The van der Waals surface area contributed by atoms with E-state index < -0.39 is 0 Å². The molecule has 1 aromatic carbocycles. The first-order valence-corrected chi connectivity index (χ1v) is 5.72. The monoisotopic (exact) mass is 263 g/mol. The van der Waals surface area contributed by atoms with Crippen molar-refractivity contribution >= 4 is 26.8 Å². The zero-order valence-corrected chi connectivity index (χ0v) is 9.91. The molecule has 0 N–H and O–H groups in total. The maximum Gasteiger partial charge on any atom is 0.107 e. The number of benzene rings is 1. The van der Waals surface area contributed by atoms with Gasteiger partial charge in [0.05, 0.1) is 12.1 Å². The summed E-state index contributed by atoms with van der Waals surface area (Å²) in [5, 5.41) is 1.16. The van der Waals surface area contributed by atoms with Crippen LogP contribution < -0.4 is 0 Å². The smallest absolute Gasteiger partial charge is 0.107 e. The highest BCUT2D eigenvalue weighted by Gasteiger charge is 2.29. The predicted octanol–water partition coefficient (Wildman–Crippen LogP) is 3.38. The third-order valence-electron chi connectivity index (χ3n) is 2.74. The second-order valence-corrected chi connectivity index (χ2v) is 4.61. The Morgan fingerprint density at radius 2 is 2.33 bits per heavy atom. The molecule has 2 nitrogen and oxygen atoms in total. The quantitative estimate of drug-likeness (QED) is 0.738. The van der Waals surface area contributed by atoms with Gasteiger partial charge in [0.15, 0.2) is 0 Å². The second-order valence-electron chi connectivity index (χ2n) is 3.81. The molecule has 3 rings (SSSR count). The lowest BCUT2D eigenvalue weighted by atomic mass is 10.0. The standard InChI is InChI=1S/C12H10BrNO/c1-7-5-9-8(3-2-4-14-9)12(13)11(7)10-6-15-10/h2-5,10H,6H2,1H3. The van der Waals surface area contributed by atoms with Gasteiger partial charge < -0.3 is 4.74 Å². The fourth-order valence-corrected chi connectivity index (χ4v) is 2.83. The van der Waals surface area contributed by atoms with E-state index in [9.17, 15) is 0 Å². The zero-order chi connectivity index (χ0) is 10.4. The van der Waals surface area contributed by atoms with Gasteiger partial charge in [-0.2, -0.15) is 0 Å². The van der Waals surface area contributed by atoms with E-state index in [1.54, 1.807) is 0 Å². The van der Waals surface area contributed by atoms with Gasteiger partial charge in [-0.25, -0.2) is 0 Å². The van der Waals surface area contributed by atoms with E-state index in [2.05, 4.69) is 40.0 Å². The average Bonchev–Trinajstić information content (AvgIpc) is 3.02. The van der Waals surface area contributed by atoms with E-state index in [0.717, 1.165) is 22.0 Å². The number of nitrogens with zero attached hydrogens (tertiary/aromatic N) is 1. The number of hydrogen-bond donors (Lipinski definition) is 0. The first kappa shape index (κ1) is 9.31. The molecule has 1 fully saturated rings. The van der Waals surface area contributed by atoms with E-state index in [4.69, 9.17) is 4.74 Å². The normalized spacial score (nSPS) is 19.5. The van der Waals surface area contributed by atoms with Crippen LogP contribution in [0.5, 0.6) is 0 Å². The average molecular weight is 264 g/mol. The first-order valence-electron chi connectivity index (χ1n) is 4.92. The number of halogens is 1. The highest BCUT2D eigenvalue weighted by molar-refractivity contribution is 9.10. The van der Waals surface area contributed by atoms with Crippen molar-refractivity contribution in [3.05, 3.63) is 40.0 Å². The van der Waals surface area contributed by atoms with Crippen LogP contribution >= 0.6 is 15.9 Å². The Hall–Kier alpha value is -0.930.